The topological polar surface area (TPSA) is 124 Å². The molecule has 0 saturated heterocycles. The van der Waals surface area contributed by atoms with Crippen LogP contribution in [0.15, 0.2) is 47.6 Å². The van der Waals surface area contributed by atoms with Gasteiger partial charge in [0.2, 0.25) is 5.91 Å². The summed E-state index contributed by atoms with van der Waals surface area (Å²) in [4.78, 5) is 16.7. The summed E-state index contributed by atoms with van der Waals surface area (Å²) in [5.74, 6) is 0.0943. The molecule has 5 N–H and O–H groups in total. The van der Waals surface area contributed by atoms with Crippen LogP contribution in [0.1, 0.15) is 27.2 Å². The van der Waals surface area contributed by atoms with Gasteiger partial charge >= 0.3 is 0 Å². The molecule has 0 bridgehead atoms. The van der Waals surface area contributed by atoms with Crippen LogP contribution in [-0.2, 0) is 4.79 Å². The Morgan fingerprint density at radius 1 is 1.16 bits per heavy atom. The predicted molar refractivity (Wildman–Crippen MR) is 152 cm³/mol. The first kappa shape index (κ1) is 29.7. The molecule has 0 aliphatic rings. The number of nitrogens with one attached hydrogen (secondary N) is 4. The zero-order valence-corrected chi connectivity index (χ0v) is 23.2. The van der Waals surface area contributed by atoms with Gasteiger partial charge in [0.15, 0.2) is 0 Å². The van der Waals surface area contributed by atoms with Crippen molar-refractivity contribution in [3.05, 3.63) is 53.4 Å². The summed E-state index contributed by atoms with van der Waals surface area (Å²) in [5.41, 5.74) is 1.70. The van der Waals surface area contributed by atoms with Gasteiger partial charge in [-0.2, -0.15) is 0 Å². The van der Waals surface area contributed by atoms with E-state index in [1.165, 1.54) is 30.0 Å². The van der Waals surface area contributed by atoms with Crippen LogP contribution in [0.5, 0.6) is 0 Å². The molecule has 204 valence electrons. The molecule has 1 amide bonds. The number of anilines is 3. The summed E-state index contributed by atoms with van der Waals surface area (Å²) in [6.07, 6.45) is 2.60. The molecule has 2 heterocycles. The van der Waals surface area contributed by atoms with Crippen LogP contribution >= 0.6 is 23.4 Å². The molecule has 0 radical (unpaired) electrons. The number of nitrogens with zero attached hydrogens (tertiary/aromatic N) is 3. The summed E-state index contributed by atoms with van der Waals surface area (Å²) in [6.45, 7) is 7.09. The number of aliphatic hydroxyl groups excluding tert-OH is 1. The van der Waals surface area contributed by atoms with E-state index in [1.807, 2.05) is 0 Å². The highest BCUT2D eigenvalue weighted by atomic mass is 35.5. The van der Waals surface area contributed by atoms with E-state index in [9.17, 15) is 14.3 Å². The van der Waals surface area contributed by atoms with Gasteiger partial charge in [-0.15, -0.1) is 22.0 Å². The second-order valence-corrected chi connectivity index (χ2v) is 10.3. The van der Waals surface area contributed by atoms with Crippen molar-refractivity contribution in [2.24, 2.45) is 0 Å². The number of rotatable bonds is 14. The van der Waals surface area contributed by atoms with Gasteiger partial charge in [-0.3, -0.25) is 4.79 Å². The first-order valence-electron chi connectivity index (χ1n) is 12.4. The minimum Gasteiger partial charge on any atom is -0.396 e. The molecular weight excluding hydrogens is 529 g/mol. The smallest absolute Gasteiger partial charge is 0.239 e. The fourth-order valence-corrected chi connectivity index (χ4v) is 4.35. The number of halogens is 2. The lowest BCUT2D eigenvalue weighted by molar-refractivity contribution is -0.115. The largest absolute Gasteiger partial charge is 0.396 e. The maximum absolute atomic E-state index is 14.5. The average Bonchev–Trinajstić information content (AvgIpc) is 2.89. The van der Waals surface area contributed by atoms with Gasteiger partial charge in [-0.25, -0.2) is 9.37 Å². The number of aromatic nitrogens is 3. The van der Waals surface area contributed by atoms with Crippen molar-refractivity contribution >= 4 is 46.5 Å². The maximum Gasteiger partial charge on any atom is 0.239 e. The van der Waals surface area contributed by atoms with E-state index in [-0.39, 0.29) is 30.7 Å². The van der Waals surface area contributed by atoms with E-state index < -0.39 is 5.82 Å². The third-order valence-corrected chi connectivity index (χ3v) is 6.72. The van der Waals surface area contributed by atoms with Crippen molar-refractivity contribution in [3.8, 4) is 11.3 Å². The van der Waals surface area contributed by atoms with Gasteiger partial charge in [-0.05, 0) is 50.6 Å². The Morgan fingerprint density at radius 3 is 2.74 bits per heavy atom. The summed E-state index contributed by atoms with van der Waals surface area (Å²) in [6, 6.07) is 9.96. The van der Waals surface area contributed by atoms with Crippen LogP contribution in [0, 0.1) is 5.82 Å². The molecule has 0 aliphatic carbocycles. The van der Waals surface area contributed by atoms with Gasteiger partial charge in [0.25, 0.3) is 0 Å². The number of hydrogen-bond acceptors (Lipinski definition) is 9. The molecule has 2 aromatic heterocycles. The Bertz CT molecular complexity index is 1220. The van der Waals surface area contributed by atoms with E-state index in [0.29, 0.717) is 51.3 Å². The van der Waals surface area contributed by atoms with Gasteiger partial charge in [0, 0.05) is 52.9 Å². The molecule has 0 spiro atoms. The molecule has 2 unspecified atom stereocenters. The van der Waals surface area contributed by atoms with Crippen LogP contribution in [0.3, 0.4) is 0 Å². The molecule has 3 rings (SSSR count). The quantitative estimate of drug-likeness (QED) is 0.181. The first-order valence-corrected chi connectivity index (χ1v) is 13.7. The second kappa shape index (κ2) is 14.9. The lowest BCUT2D eigenvalue weighted by Crippen LogP contribution is -2.42. The van der Waals surface area contributed by atoms with E-state index in [2.05, 4.69) is 57.2 Å². The van der Waals surface area contributed by atoms with E-state index in [4.69, 9.17) is 11.6 Å². The van der Waals surface area contributed by atoms with Gasteiger partial charge in [0.05, 0.1) is 24.5 Å². The minimum absolute atomic E-state index is 0.0393. The van der Waals surface area contributed by atoms with Crippen molar-refractivity contribution < 1.29 is 14.3 Å². The van der Waals surface area contributed by atoms with Crippen LogP contribution in [0.4, 0.5) is 21.6 Å². The minimum atomic E-state index is -0.474. The molecule has 38 heavy (non-hydrogen) atoms. The SMILES string of the molecule is CCC(C)NC(C)CNCC(=O)Nc1cc(Nc2cc(-c3cc(Cl)ccc3F)nnc2SCCO)ccn1. The third kappa shape index (κ3) is 9.17. The van der Waals surface area contributed by atoms with Gasteiger partial charge < -0.3 is 26.4 Å². The summed E-state index contributed by atoms with van der Waals surface area (Å²) in [5, 5.41) is 31.2. The van der Waals surface area contributed by atoms with E-state index in [1.54, 1.807) is 24.4 Å². The van der Waals surface area contributed by atoms with Crippen molar-refractivity contribution in [1.29, 1.82) is 0 Å². The lowest BCUT2D eigenvalue weighted by atomic mass is 10.1. The molecule has 0 fully saturated rings. The Kier molecular flexibility index (Phi) is 11.7. The van der Waals surface area contributed by atoms with Crippen molar-refractivity contribution in [3.63, 3.8) is 0 Å². The van der Waals surface area contributed by atoms with Crippen LogP contribution in [0.25, 0.3) is 11.3 Å². The standard InChI is InChI=1S/C26H33ClFN7O2S/c1-4-16(2)31-17(3)14-29-15-25(37)33-24-12-19(7-8-30-24)32-23-13-22(34-35-26(23)38-10-9-36)20-11-18(27)5-6-21(20)28/h5-8,11-13,16-17,29,31,36H,4,9-10,14-15H2,1-3H3,(H2,30,32,33,34,37). The predicted octanol–water partition coefficient (Wildman–Crippen LogP) is 4.46. The van der Waals surface area contributed by atoms with Crippen LogP contribution in [0.2, 0.25) is 5.02 Å². The monoisotopic (exact) mass is 561 g/mol. The molecule has 9 nitrogen and oxygen atoms in total. The number of amides is 1. The Hall–Kier alpha value is -2.83. The van der Waals surface area contributed by atoms with Crippen molar-refractivity contribution in [2.45, 2.75) is 44.3 Å². The number of carbonyl (C=O) groups excluding carboxylic acids is 1. The van der Waals surface area contributed by atoms with E-state index in [0.717, 1.165) is 6.42 Å². The summed E-state index contributed by atoms with van der Waals surface area (Å²) >= 11 is 7.36. The fraction of sp³-hybridized carbons (Fsp3) is 0.385. The summed E-state index contributed by atoms with van der Waals surface area (Å²) < 4.78 is 14.5. The number of hydrogen-bond donors (Lipinski definition) is 5. The maximum atomic E-state index is 14.5. The Labute approximate surface area is 231 Å². The molecular formula is C26H33ClFN7O2S. The normalized spacial score (nSPS) is 12.7. The van der Waals surface area contributed by atoms with Crippen molar-refractivity contribution in [1.82, 2.24) is 25.8 Å². The highest BCUT2D eigenvalue weighted by Gasteiger charge is 2.14. The molecule has 0 aliphatic heterocycles. The highest BCUT2D eigenvalue weighted by molar-refractivity contribution is 7.99. The average molecular weight is 562 g/mol. The number of benzene rings is 1. The molecule has 3 aromatic rings. The second-order valence-electron chi connectivity index (χ2n) is 8.76. The Morgan fingerprint density at radius 2 is 1.97 bits per heavy atom. The lowest BCUT2D eigenvalue weighted by Gasteiger charge is -2.19. The summed E-state index contributed by atoms with van der Waals surface area (Å²) in [7, 11) is 0. The van der Waals surface area contributed by atoms with Crippen molar-refractivity contribution in [2.75, 3.05) is 36.1 Å². The molecule has 2 atom stereocenters. The molecule has 12 heteroatoms. The number of thioether (sulfide) groups is 1. The van der Waals surface area contributed by atoms with E-state index >= 15 is 0 Å². The van der Waals surface area contributed by atoms with Crippen LogP contribution < -0.4 is 21.3 Å². The molecule has 1 aromatic carbocycles. The zero-order chi connectivity index (χ0) is 27.5. The van der Waals surface area contributed by atoms with Gasteiger partial charge in [-0.1, -0.05) is 18.5 Å². The third-order valence-electron chi connectivity index (χ3n) is 5.52. The zero-order valence-electron chi connectivity index (χ0n) is 21.6. The highest BCUT2D eigenvalue weighted by Crippen LogP contribution is 2.32. The van der Waals surface area contributed by atoms with Gasteiger partial charge in [0.1, 0.15) is 16.7 Å². The number of carbonyl (C=O) groups is 1. The fourth-order valence-electron chi connectivity index (χ4n) is 3.53. The number of pyridine rings is 1. The molecule has 0 saturated carbocycles. The first-order chi connectivity index (χ1) is 18.3. The number of aliphatic hydroxyl groups is 1. The Balaban J connectivity index is 1.70. The van der Waals surface area contributed by atoms with Crippen LogP contribution in [-0.4, -0.2) is 63.7 Å².